The number of rotatable bonds is 8. The second-order valence-corrected chi connectivity index (χ2v) is 6.53. The Morgan fingerprint density at radius 3 is 1.82 bits per heavy atom. The molecule has 1 N–H and O–H groups in total. The van der Waals surface area contributed by atoms with Crippen LogP contribution in [0, 0.1) is 0 Å². The number of benzene rings is 3. The molecule has 0 spiro atoms. The molecule has 0 aliphatic carbocycles. The maximum atomic E-state index is 13.0. The van der Waals surface area contributed by atoms with Gasteiger partial charge in [0.25, 0.3) is 0 Å². The lowest BCUT2D eigenvalue weighted by atomic mass is 9.97. The van der Waals surface area contributed by atoms with Gasteiger partial charge in [0.2, 0.25) is 0 Å². The standard InChI is InChI=1S/C24H25NO3/c26-18-10-17-25(24(27)28-19-20-11-4-1-5-12-20)23(21-13-6-2-7-14-21)22-15-8-3-9-16-22/h1-9,11-16,23,26H,10,17-19H2. The molecule has 28 heavy (non-hydrogen) atoms. The third-order valence-corrected chi connectivity index (χ3v) is 4.54. The lowest BCUT2D eigenvalue weighted by molar-refractivity contribution is 0.0832. The van der Waals surface area contributed by atoms with Crippen LogP contribution in [-0.2, 0) is 11.3 Å². The molecule has 0 atom stereocenters. The maximum Gasteiger partial charge on any atom is 0.410 e. The van der Waals surface area contributed by atoms with E-state index in [1.807, 2.05) is 91.0 Å². The minimum atomic E-state index is -0.394. The van der Waals surface area contributed by atoms with Crippen LogP contribution in [0.4, 0.5) is 4.79 Å². The molecule has 3 rings (SSSR count). The normalized spacial score (nSPS) is 10.6. The van der Waals surface area contributed by atoms with Crippen LogP contribution in [0.1, 0.15) is 29.2 Å². The average molecular weight is 375 g/mol. The van der Waals surface area contributed by atoms with Crippen molar-refractivity contribution in [2.75, 3.05) is 13.2 Å². The largest absolute Gasteiger partial charge is 0.445 e. The Balaban J connectivity index is 1.88. The molecule has 0 aromatic heterocycles. The molecule has 0 heterocycles. The molecule has 0 bridgehead atoms. The van der Waals surface area contributed by atoms with E-state index in [1.165, 1.54) is 0 Å². The predicted molar refractivity (Wildman–Crippen MR) is 110 cm³/mol. The van der Waals surface area contributed by atoms with E-state index in [0.29, 0.717) is 13.0 Å². The number of amides is 1. The van der Waals surface area contributed by atoms with Gasteiger partial charge < -0.3 is 9.84 Å². The number of aliphatic hydroxyl groups excluding tert-OH is 1. The number of carbonyl (C=O) groups is 1. The molecule has 4 heteroatoms. The summed E-state index contributed by atoms with van der Waals surface area (Å²) >= 11 is 0. The van der Waals surface area contributed by atoms with Crippen LogP contribution in [0.3, 0.4) is 0 Å². The topological polar surface area (TPSA) is 49.8 Å². The van der Waals surface area contributed by atoms with Gasteiger partial charge in [-0.1, -0.05) is 91.0 Å². The van der Waals surface area contributed by atoms with Crippen molar-refractivity contribution in [3.8, 4) is 0 Å². The highest BCUT2D eigenvalue weighted by atomic mass is 16.6. The average Bonchev–Trinajstić information content (AvgIpc) is 2.77. The lowest BCUT2D eigenvalue weighted by Gasteiger charge is -2.32. The zero-order valence-corrected chi connectivity index (χ0v) is 15.8. The number of nitrogens with zero attached hydrogens (tertiary/aromatic N) is 1. The number of aliphatic hydroxyl groups is 1. The minimum absolute atomic E-state index is 0.0127. The van der Waals surface area contributed by atoms with E-state index >= 15 is 0 Å². The molecule has 144 valence electrons. The monoisotopic (exact) mass is 375 g/mol. The molecule has 0 radical (unpaired) electrons. The molecular formula is C24H25NO3. The number of carbonyl (C=O) groups excluding carboxylic acids is 1. The Morgan fingerprint density at radius 1 is 0.821 bits per heavy atom. The van der Waals surface area contributed by atoms with E-state index < -0.39 is 6.09 Å². The lowest BCUT2D eigenvalue weighted by Crippen LogP contribution is -2.37. The summed E-state index contributed by atoms with van der Waals surface area (Å²) in [6, 6.07) is 29.1. The van der Waals surface area contributed by atoms with Gasteiger partial charge in [0, 0.05) is 13.2 Å². The first-order valence-corrected chi connectivity index (χ1v) is 9.47. The summed E-state index contributed by atoms with van der Waals surface area (Å²) in [6.07, 6.45) is 0.0892. The first kappa shape index (κ1) is 19.6. The number of ether oxygens (including phenoxy) is 1. The van der Waals surface area contributed by atoms with Crippen LogP contribution in [0.15, 0.2) is 91.0 Å². The summed E-state index contributed by atoms with van der Waals surface area (Å²) in [4.78, 5) is 14.7. The summed E-state index contributed by atoms with van der Waals surface area (Å²) < 4.78 is 5.62. The fourth-order valence-electron chi connectivity index (χ4n) is 3.19. The summed E-state index contributed by atoms with van der Waals surface area (Å²) in [5.74, 6) is 0. The van der Waals surface area contributed by atoms with Crippen molar-refractivity contribution in [2.45, 2.75) is 19.1 Å². The van der Waals surface area contributed by atoms with E-state index in [2.05, 4.69) is 0 Å². The molecule has 0 fully saturated rings. The second kappa shape index (κ2) is 10.3. The molecule has 0 unspecified atom stereocenters. The van der Waals surface area contributed by atoms with Gasteiger partial charge in [0.1, 0.15) is 6.61 Å². The first-order chi connectivity index (χ1) is 13.8. The van der Waals surface area contributed by atoms with Crippen molar-refractivity contribution >= 4 is 6.09 Å². The van der Waals surface area contributed by atoms with Gasteiger partial charge in [-0.15, -0.1) is 0 Å². The molecule has 1 amide bonds. The fourth-order valence-corrected chi connectivity index (χ4v) is 3.19. The van der Waals surface area contributed by atoms with Crippen molar-refractivity contribution in [2.24, 2.45) is 0 Å². The number of hydrogen-bond donors (Lipinski definition) is 1. The number of hydrogen-bond acceptors (Lipinski definition) is 3. The van der Waals surface area contributed by atoms with Crippen molar-refractivity contribution in [3.63, 3.8) is 0 Å². The van der Waals surface area contributed by atoms with Crippen LogP contribution in [0.25, 0.3) is 0 Å². The third kappa shape index (κ3) is 5.21. The summed E-state index contributed by atoms with van der Waals surface area (Å²) in [5.41, 5.74) is 2.94. The Labute approximate surface area is 166 Å². The van der Waals surface area contributed by atoms with Crippen molar-refractivity contribution in [1.29, 1.82) is 0 Å². The van der Waals surface area contributed by atoms with Crippen LogP contribution in [0.5, 0.6) is 0 Å². The molecule has 3 aromatic rings. The summed E-state index contributed by atoms with van der Waals surface area (Å²) in [5, 5.41) is 9.35. The minimum Gasteiger partial charge on any atom is -0.445 e. The highest BCUT2D eigenvalue weighted by Gasteiger charge is 2.27. The Hall–Kier alpha value is -3.11. The van der Waals surface area contributed by atoms with Crippen molar-refractivity contribution in [1.82, 2.24) is 4.90 Å². The van der Waals surface area contributed by atoms with E-state index in [9.17, 15) is 9.90 Å². The maximum absolute atomic E-state index is 13.0. The Kier molecular flexibility index (Phi) is 7.21. The second-order valence-electron chi connectivity index (χ2n) is 6.53. The molecule has 4 nitrogen and oxygen atoms in total. The molecule has 3 aromatic carbocycles. The summed E-state index contributed by atoms with van der Waals surface area (Å²) in [7, 11) is 0. The van der Waals surface area contributed by atoms with E-state index in [0.717, 1.165) is 16.7 Å². The quantitative estimate of drug-likeness (QED) is 0.615. The SMILES string of the molecule is O=C(OCc1ccccc1)N(CCCO)C(c1ccccc1)c1ccccc1. The zero-order chi connectivity index (χ0) is 19.6. The van der Waals surface area contributed by atoms with Gasteiger partial charge in [0.15, 0.2) is 0 Å². The Bertz CT molecular complexity index is 798. The van der Waals surface area contributed by atoms with Gasteiger partial charge in [-0.2, -0.15) is 0 Å². The highest BCUT2D eigenvalue weighted by Crippen LogP contribution is 2.29. The van der Waals surface area contributed by atoms with E-state index in [1.54, 1.807) is 4.90 Å². The third-order valence-electron chi connectivity index (χ3n) is 4.54. The van der Waals surface area contributed by atoms with Gasteiger partial charge in [0.05, 0.1) is 6.04 Å². The van der Waals surface area contributed by atoms with Gasteiger partial charge in [-0.05, 0) is 23.1 Å². The molecule has 0 saturated carbocycles. The van der Waals surface area contributed by atoms with E-state index in [-0.39, 0.29) is 19.3 Å². The van der Waals surface area contributed by atoms with E-state index in [4.69, 9.17) is 4.74 Å². The van der Waals surface area contributed by atoms with Gasteiger partial charge in [-0.3, -0.25) is 4.90 Å². The van der Waals surface area contributed by atoms with Crippen LogP contribution in [0.2, 0.25) is 0 Å². The van der Waals surface area contributed by atoms with Crippen LogP contribution in [-0.4, -0.2) is 29.3 Å². The summed E-state index contributed by atoms with van der Waals surface area (Å²) in [6.45, 7) is 0.628. The smallest absolute Gasteiger partial charge is 0.410 e. The molecule has 0 saturated heterocycles. The molecular weight excluding hydrogens is 350 g/mol. The zero-order valence-electron chi connectivity index (χ0n) is 15.8. The van der Waals surface area contributed by atoms with Gasteiger partial charge in [-0.25, -0.2) is 4.79 Å². The molecule has 0 aliphatic rings. The van der Waals surface area contributed by atoms with Crippen molar-refractivity contribution < 1.29 is 14.6 Å². The highest BCUT2D eigenvalue weighted by molar-refractivity contribution is 5.69. The predicted octanol–water partition coefficient (Wildman–Crippen LogP) is 4.80. The van der Waals surface area contributed by atoms with Crippen LogP contribution >= 0.6 is 0 Å². The van der Waals surface area contributed by atoms with Crippen molar-refractivity contribution in [3.05, 3.63) is 108 Å². The van der Waals surface area contributed by atoms with Crippen LogP contribution < -0.4 is 0 Å². The Morgan fingerprint density at radius 2 is 1.32 bits per heavy atom. The first-order valence-electron chi connectivity index (χ1n) is 9.47. The van der Waals surface area contributed by atoms with Gasteiger partial charge >= 0.3 is 6.09 Å². The molecule has 0 aliphatic heterocycles. The fraction of sp³-hybridized carbons (Fsp3) is 0.208.